The molecule has 0 aromatic carbocycles. The molecule has 0 aromatic heterocycles. The summed E-state index contributed by atoms with van der Waals surface area (Å²) in [5.74, 6) is 3.10. The van der Waals surface area contributed by atoms with Gasteiger partial charge in [0.2, 0.25) is 0 Å². The molecule has 1 aliphatic heterocycles. The lowest BCUT2D eigenvalue weighted by atomic mass is 10.2. The Hall–Kier alpha value is -0.580. The largest absolute Gasteiger partial charge is 0.493 e. The summed E-state index contributed by atoms with van der Waals surface area (Å²) in [5.41, 5.74) is 1.33. The molecule has 1 aliphatic rings. The summed E-state index contributed by atoms with van der Waals surface area (Å²) in [4.78, 5) is 0. The van der Waals surface area contributed by atoms with Gasteiger partial charge in [-0.3, -0.25) is 0 Å². The first kappa shape index (κ1) is 17.5. The Balaban J connectivity index is 2.73. The van der Waals surface area contributed by atoms with Crippen molar-refractivity contribution in [2.45, 2.75) is 13.8 Å². The van der Waals surface area contributed by atoms with Crippen LogP contribution in [0.15, 0.2) is 48.8 Å². The standard InChI is InChI=1S/C16H26NOS2/c1-5-7-16(8-6-2)11-17(9-10-18-15(3)4)12-19-14-20-13-17/h5-8H,1,3,9-14H2,2,4H3/q+1. The Morgan fingerprint density at radius 3 is 2.60 bits per heavy atom. The Kier molecular flexibility index (Phi) is 8.19. The Labute approximate surface area is 132 Å². The van der Waals surface area contributed by atoms with E-state index in [1.165, 1.54) is 10.7 Å². The van der Waals surface area contributed by atoms with Gasteiger partial charge < -0.3 is 9.22 Å². The lowest BCUT2D eigenvalue weighted by Gasteiger charge is -2.40. The van der Waals surface area contributed by atoms with Crippen LogP contribution in [0.1, 0.15) is 13.8 Å². The molecule has 0 atom stereocenters. The van der Waals surface area contributed by atoms with E-state index in [-0.39, 0.29) is 0 Å². The second-order valence-corrected chi connectivity index (χ2v) is 7.31. The molecular formula is C16H26NOS2+. The molecule has 0 radical (unpaired) electrons. The smallest absolute Gasteiger partial charge is 0.137 e. The summed E-state index contributed by atoms with van der Waals surface area (Å²) in [6, 6.07) is 0. The summed E-state index contributed by atoms with van der Waals surface area (Å²) in [7, 11) is 0. The third-order valence-corrected chi connectivity index (χ3v) is 5.84. The number of hydrogen-bond donors (Lipinski definition) is 0. The first-order valence-electron chi connectivity index (χ1n) is 6.85. The van der Waals surface area contributed by atoms with E-state index in [1.54, 1.807) is 0 Å². The fourth-order valence-corrected chi connectivity index (χ4v) is 4.77. The molecule has 0 unspecified atom stereocenters. The maximum atomic E-state index is 5.58. The highest BCUT2D eigenvalue weighted by atomic mass is 32.2. The van der Waals surface area contributed by atoms with Crippen LogP contribution in [0.5, 0.6) is 0 Å². The highest BCUT2D eigenvalue weighted by Gasteiger charge is 2.31. The minimum absolute atomic E-state index is 0.744. The van der Waals surface area contributed by atoms with E-state index in [1.807, 2.05) is 36.5 Å². The van der Waals surface area contributed by atoms with Gasteiger partial charge in [0.25, 0.3) is 0 Å². The third-order valence-electron chi connectivity index (χ3n) is 3.04. The summed E-state index contributed by atoms with van der Waals surface area (Å²) in [6.45, 7) is 14.4. The number of hydrogen-bond acceptors (Lipinski definition) is 3. The van der Waals surface area contributed by atoms with E-state index in [9.17, 15) is 0 Å². The van der Waals surface area contributed by atoms with E-state index in [4.69, 9.17) is 4.74 Å². The molecule has 0 N–H and O–H groups in total. The Bertz CT molecular complexity index is 382. The van der Waals surface area contributed by atoms with Crippen LogP contribution in [0, 0.1) is 0 Å². The molecule has 1 fully saturated rings. The predicted molar refractivity (Wildman–Crippen MR) is 93.6 cm³/mol. The summed E-state index contributed by atoms with van der Waals surface area (Å²) in [6.07, 6.45) is 8.27. The summed E-state index contributed by atoms with van der Waals surface area (Å²) < 4.78 is 6.65. The number of thioether (sulfide) groups is 2. The molecule has 0 bridgehead atoms. The van der Waals surface area contributed by atoms with Crippen molar-refractivity contribution in [1.29, 1.82) is 0 Å². The van der Waals surface area contributed by atoms with Crippen LogP contribution < -0.4 is 0 Å². The van der Waals surface area contributed by atoms with Gasteiger partial charge in [0.05, 0.1) is 5.76 Å². The predicted octanol–water partition coefficient (Wildman–Crippen LogP) is 4.39. The monoisotopic (exact) mass is 312 g/mol. The van der Waals surface area contributed by atoms with Gasteiger partial charge in [-0.05, 0) is 13.8 Å². The van der Waals surface area contributed by atoms with Gasteiger partial charge in [0, 0.05) is 10.7 Å². The van der Waals surface area contributed by atoms with Crippen molar-refractivity contribution in [2.75, 3.05) is 36.5 Å². The molecule has 4 heteroatoms. The van der Waals surface area contributed by atoms with Crippen molar-refractivity contribution in [2.24, 2.45) is 0 Å². The zero-order valence-electron chi connectivity index (χ0n) is 12.6. The van der Waals surface area contributed by atoms with Crippen molar-refractivity contribution in [1.82, 2.24) is 0 Å². The molecule has 1 saturated heterocycles. The van der Waals surface area contributed by atoms with Gasteiger partial charge in [-0.15, -0.1) is 0 Å². The molecule has 0 spiro atoms. The lowest BCUT2D eigenvalue weighted by molar-refractivity contribution is -0.900. The fourth-order valence-electron chi connectivity index (χ4n) is 2.18. The van der Waals surface area contributed by atoms with Gasteiger partial charge >= 0.3 is 0 Å². The zero-order valence-corrected chi connectivity index (χ0v) is 14.3. The number of ether oxygens (including phenoxy) is 1. The average molecular weight is 313 g/mol. The van der Waals surface area contributed by atoms with E-state index in [2.05, 4.69) is 38.3 Å². The Morgan fingerprint density at radius 2 is 2.05 bits per heavy atom. The molecule has 0 aliphatic carbocycles. The molecule has 20 heavy (non-hydrogen) atoms. The van der Waals surface area contributed by atoms with Crippen molar-refractivity contribution >= 4 is 23.5 Å². The fraction of sp³-hybridized carbons (Fsp3) is 0.500. The first-order valence-corrected chi connectivity index (χ1v) is 9.16. The summed E-state index contributed by atoms with van der Waals surface area (Å²) in [5, 5.41) is 1.20. The van der Waals surface area contributed by atoms with Crippen LogP contribution >= 0.6 is 23.5 Å². The van der Waals surface area contributed by atoms with Gasteiger partial charge in [0.15, 0.2) is 0 Å². The maximum absolute atomic E-state index is 5.58. The van der Waals surface area contributed by atoms with Gasteiger partial charge in [-0.25, -0.2) is 0 Å². The second kappa shape index (κ2) is 9.37. The SMILES string of the molecule is C=CC=C(C=CC)C[N+]1(CCOC(=C)C)CSCSC1. The number of nitrogens with zero attached hydrogens (tertiary/aromatic N) is 1. The third kappa shape index (κ3) is 6.25. The lowest BCUT2D eigenvalue weighted by Crippen LogP contribution is -2.52. The zero-order chi connectivity index (χ0) is 14.8. The van der Waals surface area contributed by atoms with Crippen molar-refractivity contribution in [3.05, 3.63) is 48.8 Å². The molecule has 0 amide bonds. The van der Waals surface area contributed by atoms with Crippen molar-refractivity contribution in [3.63, 3.8) is 0 Å². The van der Waals surface area contributed by atoms with Gasteiger partial charge in [-0.1, -0.05) is 61.0 Å². The second-order valence-electron chi connectivity index (χ2n) is 5.04. The topological polar surface area (TPSA) is 9.23 Å². The molecule has 1 rings (SSSR count). The minimum atomic E-state index is 0.744. The van der Waals surface area contributed by atoms with E-state index in [0.717, 1.165) is 41.7 Å². The first-order chi connectivity index (χ1) is 9.62. The molecular weight excluding hydrogens is 286 g/mol. The average Bonchev–Trinajstić information content (AvgIpc) is 2.40. The molecule has 112 valence electrons. The van der Waals surface area contributed by atoms with Gasteiger partial charge in [0.1, 0.15) is 31.4 Å². The van der Waals surface area contributed by atoms with Crippen LogP contribution in [0.25, 0.3) is 0 Å². The number of quaternary nitrogens is 1. The van der Waals surface area contributed by atoms with E-state index >= 15 is 0 Å². The number of rotatable bonds is 8. The van der Waals surface area contributed by atoms with Crippen LogP contribution in [-0.2, 0) is 4.74 Å². The van der Waals surface area contributed by atoms with Gasteiger partial charge in [-0.2, -0.15) is 0 Å². The molecule has 2 nitrogen and oxygen atoms in total. The molecule has 0 saturated carbocycles. The minimum Gasteiger partial charge on any atom is -0.493 e. The highest BCUT2D eigenvalue weighted by molar-refractivity contribution is 8.16. The maximum Gasteiger partial charge on any atom is 0.137 e. The van der Waals surface area contributed by atoms with E-state index in [0.29, 0.717) is 0 Å². The van der Waals surface area contributed by atoms with Crippen molar-refractivity contribution in [3.8, 4) is 0 Å². The summed E-state index contributed by atoms with van der Waals surface area (Å²) >= 11 is 4.04. The molecule has 0 aromatic rings. The van der Waals surface area contributed by atoms with Crippen molar-refractivity contribution < 1.29 is 9.22 Å². The Morgan fingerprint density at radius 1 is 1.35 bits per heavy atom. The number of allylic oxidation sites excluding steroid dienone is 4. The van der Waals surface area contributed by atoms with Crippen LogP contribution in [-0.4, -0.2) is 41.0 Å². The normalized spacial score (nSPS) is 19.0. The highest BCUT2D eigenvalue weighted by Crippen LogP contribution is 2.30. The van der Waals surface area contributed by atoms with E-state index < -0.39 is 0 Å². The van der Waals surface area contributed by atoms with Crippen LogP contribution in [0.3, 0.4) is 0 Å². The van der Waals surface area contributed by atoms with Crippen LogP contribution in [0.2, 0.25) is 0 Å². The van der Waals surface area contributed by atoms with Crippen LogP contribution in [0.4, 0.5) is 0 Å². The quantitative estimate of drug-likeness (QED) is 0.374. The molecule has 1 heterocycles.